The van der Waals surface area contributed by atoms with E-state index in [1.165, 1.54) is 0 Å². The average molecular weight is 276 g/mol. The second-order valence-electron chi connectivity index (χ2n) is 4.09. The number of nitrogens with zero attached hydrogens (tertiary/aromatic N) is 2. The third kappa shape index (κ3) is 2.67. The maximum Gasteiger partial charge on any atom is 0.224 e. The fourth-order valence-electron chi connectivity index (χ4n) is 1.84. The van der Waals surface area contributed by atoms with E-state index in [-0.39, 0.29) is 0 Å². The highest BCUT2D eigenvalue weighted by molar-refractivity contribution is 6.32. The lowest BCUT2D eigenvalue weighted by molar-refractivity contribution is 0.428. The molecule has 0 saturated carbocycles. The first kappa shape index (κ1) is 13.3. The molecule has 0 fully saturated rings. The van der Waals surface area contributed by atoms with Crippen LogP contribution in [0, 0.1) is 11.3 Å². The minimum absolute atomic E-state index is 0.435. The zero-order valence-electron chi connectivity index (χ0n) is 10.6. The fourth-order valence-corrected chi connectivity index (χ4v) is 2.01. The molecule has 1 heterocycles. The van der Waals surface area contributed by atoms with Gasteiger partial charge in [-0.25, -0.2) is 0 Å². The van der Waals surface area contributed by atoms with Gasteiger partial charge in [-0.2, -0.15) is 5.26 Å². The van der Waals surface area contributed by atoms with Crippen LogP contribution in [0.3, 0.4) is 0 Å². The van der Waals surface area contributed by atoms with Crippen molar-refractivity contribution in [1.29, 1.82) is 5.26 Å². The Hall–Kier alpha value is -2.12. The molecule has 2 aromatic rings. The molecule has 0 atom stereocenters. The van der Waals surface area contributed by atoms with E-state index in [0.717, 1.165) is 6.42 Å². The van der Waals surface area contributed by atoms with Crippen molar-refractivity contribution in [2.45, 2.75) is 19.9 Å². The lowest BCUT2D eigenvalue weighted by atomic mass is 10.3. The van der Waals surface area contributed by atoms with Crippen molar-refractivity contribution >= 4 is 17.3 Å². The van der Waals surface area contributed by atoms with Crippen molar-refractivity contribution in [3.05, 3.63) is 41.0 Å². The molecule has 2 rings (SSSR count). The minimum atomic E-state index is 0.435. The number of rotatable bonds is 4. The molecule has 0 amide bonds. The van der Waals surface area contributed by atoms with Gasteiger partial charge in [0.05, 0.1) is 10.7 Å². The van der Waals surface area contributed by atoms with Gasteiger partial charge in [0.15, 0.2) is 0 Å². The molecule has 2 N–H and O–H groups in total. The summed E-state index contributed by atoms with van der Waals surface area (Å²) < 4.78 is 7.52. The van der Waals surface area contributed by atoms with E-state index in [9.17, 15) is 0 Å². The maximum absolute atomic E-state index is 9.10. The maximum atomic E-state index is 9.10. The smallest absolute Gasteiger partial charge is 0.224 e. The van der Waals surface area contributed by atoms with Gasteiger partial charge in [0.2, 0.25) is 5.88 Å². The number of halogens is 1. The molecule has 5 heteroatoms. The first-order valence-electron chi connectivity index (χ1n) is 5.98. The molecular weight excluding hydrogens is 262 g/mol. The quantitative estimate of drug-likeness (QED) is 0.923. The molecule has 0 unspecified atom stereocenters. The first-order chi connectivity index (χ1) is 9.17. The van der Waals surface area contributed by atoms with Crippen molar-refractivity contribution in [2.24, 2.45) is 0 Å². The Kier molecular flexibility index (Phi) is 3.98. The Morgan fingerprint density at radius 3 is 2.79 bits per heavy atom. The summed E-state index contributed by atoms with van der Waals surface area (Å²) in [6, 6.07) is 10.9. The molecular formula is C14H14ClN3O. The summed E-state index contributed by atoms with van der Waals surface area (Å²) in [6.45, 7) is 2.69. The molecule has 0 aliphatic heterocycles. The summed E-state index contributed by atoms with van der Waals surface area (Å²) in [4.78, 5) is 0. The summed E-state index contributed by atoms with van der Waals surface area (Å²) >= 11 is 6.06. The second kappa shape index (κ2) is 5.68. The van der Waals surface area contributed by atoms with Crippen molar-refractivity contribution in [1.82, 2.24) is 4.57 Å². The number of ether oxygens (including phenoxy) is 1. The Morgan fingerprint density at radius 1 is 1.42 bits per heavy atom. The highest BCUT2D eigenvalue weighted by Gasteiger charge is 2.15. The van der Waals surface area contributed by atoms with Gasteiger partial charge in [0.25, 0.3) is 0 Å². The lowest BCUT2D eigenvalue weighted by Crippen LogP contribution is -2.03. The summed E-state index contributed by atoms with van der Waals surface area (Å²) in [7, 11) is 0. The van der Waals surface area contributed by atoms with Crippen LogP contribution in [0.5, 0.6) is 11.6 Å². The molecule has 0 aliphatic carbocycles. The molecule has 0 spiro atoms. The van der Waals surface area contributed by atoms with Crippen molar-refractivity contribution in [3.63, 3.8) is 0 Å². The number of nitriles is 1. The van der Waals surface area contributed by atoms with Crippen LogP contribution in [-0.2, 0) is 6.54 Å². The zero-order valence-corrected chi connectivity index (χ0v) is 11.3. The van der Waals surface area contributed by atoms with Crippen LogP contribution in [0.15, 0.2) is 30.3 Å². The van der Waals surface area contributed by atoms with Crippen LogP contribution in [0.4, 0.5) is 5.69 Å². The van der Waals surface area contributed by atoms with Gasteiger partial charge in [-0.1, -0.05) is 30.7 Å². The molecule has 19 heavy (non-hydrogen) atoms. The second-order valence-corrected chi connectivity index (χ2v) is 4.49. The standard InChI is InChI=1S/C14H14ClN3O/c1-2-7-18-10(9-16)8-12(17)14(18)19-13-6-4-3-5-11(13)15/h3-6,8H,2,7,17H2,1H3. The lowest BCUT2D eigenvalue weighted by Gasteiger charge is -2.12. The van der Waals surface area contributed by atoms with Gasteiger partial charge in [-0.3, -0.25) is 0 Å². The largest absolute Gasteiger partial charge is 0.437 e. The molecule has 98 valence electrons. The average Bonchev–Trinajstić information content (AvgIpc) is 2.70. The summed E-state index contributed by atoms with van der Waals surface area (Å²) in [5, 5.41) is 9.60. The van der Waals surface area contributed by atoms with Crippen molar-refractivity contribution in [3.8, 4) is 17.7 Å². The van der Waals surface area contributed by atoms with Crippen LogP contribution < -0.4 is 10.5 Å². The number of anilines is 1. The Balaban J connectivity index is 2.43. The molecule has 0 saturated heterocycles. The van der Waals surface area contributed by atoms with Crippen LogP contribution >= 0.6 is 11.6 Å². The van der Waals surface area contributed by atoms with Gasteiger partial charge in [0, 0.05) is 12.6 Å². The first-order valence-corrected chi connectivity index (χ1v) is 6.36. The number of nitrogen functional groups attached to an aromatic ring is 1. The van der Waals surface area contributed by atoms with E-state index >= 15 is 0 Å². The van der Waals surface area contributed by atoms with Crippen LogP contribution in [0.25, 0.3) is 0 Å². The van der Waals surface area contributed by atoms with Crippen LogP contribution in [0.2, 0.25) is 5.02 Å². The normalized spacial score (nSPS) is 10.2. The number of hydrogen-bond acceptors (Lipinski definition) is 3. The summed E-state index contributed by atoms with van der Waals surface area (Å²) in [6.07, 6.45) is 0.877. The SMILES string of the molecule is CCCn1c(C#N)cc(N)c1Oc1ccccc1Cl. The minimum Gasteiger partial charge on any atom is -0.437 e. The van der Waals surface area contributed by atoms with Gasteiger partial charge < -0.3 is 15.0 Å². The number of benzene rings is 1. The monoisotopic (exact) mass is 275 g/mol. The van der Waals surface area contributed by atoms with Crippen molar-refractivity contribution in [2.75, 3.05) is 5.73 Å². The van der Waals surface area contributed by atoms with Gasteiger partial charge in [-0.05, 0) is 18.6 Å². The van der Waals surface area contributed by atoms with Gasteiger partial charge >= 0.3 is 0 Å². The molecule has 0 radical (unpaired) electrons. The van der Waals surface area contributed by atoms with E-state index in [0.29, 0.717) is 34.6 Å². The highest BCUT2D eigenvalue weighted by Crippen LogP contribution is 2.34. The van der Waals surface area contributed by atoms with E-state index < -0.39 is 0 Å². The molecule has 0 bridgehead atoms. The van der Waals surface area contributed by atoms with E-state index in [4.69, 9.17) is 27.3 Å². The predicted molar refractivity (Wildman–Crippen MR) is 75.4 cm³/mol. The van der Waals surface area contributed by atoms with E-state index in [2.05, 4.69) is 6.07 Å². The van der Waals surface area contributed by atoms with Crippen molar-refractivity contribution < 1.29 is 4.74 Å². The third-order valence-corrected chi connectivity index (χ3v) is 2.99. The Bertz CT molecular complexity index is 628. The fraction of sp³-hybridized carbons (Fsp3) is 0.214. The zero-order chi connectivity index (χ0) is 13.8. The Labute approximate surface area is 117 Å². The third-order valence-electron chi connectivity index (χ3n) is 2.68. The van der Waals surface area contributed by atoms with Gasteiger partial charge in [-0.15, -0.1) is 0 Å². The number of aromatic nitrogens is 1. The van der Waals surface area contributed by atoms with Crippen LogP contribution in [0.1, 0.15) is 19.0 Å². The van der Waals surface area contributed by atoms with E-state index in [1.807, 2.05) is 19.1 Å². The number of hydrogen-bond donors (Lipinski definition) is 1. The number of nitrogens with two attached hydrogens (primary N) is 1. The summed E-state index contributed by atoms with van der Waals surface area (Å²) in [5.74, 6) is 0.988. The molecule has 1 aromatic heterocycles. The summed E-state index contributed by atoms with van der Waals surface area (Å²) in [5.41, 5.74) is 6.83. The van der Waals surface area contributed by atoms with E-state index in [1.54, 1.807) is 22.8 Å². The number of para-hydroxylation sites is 1. The molecule has 0 aliphatic rings. The molecule has 4 nitrogen and oxygen atoms in total. The Morgan fingerprint density at radius 2 is 2.16 bits per heavy atom. The van der Waals surface area contributed by atoms with Gasteiger partial charge in [0.1, 0.15) is 17.5 Å². The van der Waals surface area contributed by atoms with Crippen LogP contribution in [-0.4, -0.2) is 4.57 Å². The highest BCUT2D eigenvalue weighted by atomic mass is 35.5. The molecule has 1 aromatic carbocycles. The topological polar surface area (TPSA) is 64.0 Å². The predicted octanol–water partition coefficient (Wildman–Crippen LogP) is 3.80.